The van der Waals surface area contributed by atoms with E-state index in [0.29, 0.717) is 11.5 Å². The number of carboxylic acids is 1. The van der Waals surface area contributed by atoms with Gasteiger partial charge in [-0.15, -0.1) is 0 Å². The van der Waals surface area contributed by atoms with E-state index < -0.39 is 5.97 Å². The topological polar surface area (TPSA) is 55.8 Å². The number of carboxylic acid groups (broad SMARTS) is 1. The minimum absolute atomic E-state index is 0.0347. The Bertz CT molecular complexity index is 564. The normalized spacial score (nSPS) is 30.5. The molecule has 0 amide bonds. The van der Waals surface area contributed by atoms with E-state index in [-0.39, 0.29) is 23.7 Å². The van der Waals surface area contributed by atoms with Crippen molar-refractivity contribution in [2.24, 2.45) is 17.8 Å². The Morgan fingerprint density at radius 1 is 1.20 bits per heavy atom. The summed E-state index contributed by atoms with van der Waals surface area (Å²) in [6, 6.07) is 5.68. The highest BCUT2D eigenvalue weighted by molar-refractivity contribution is 5.74. The number of para-hydroxylation sites is 1. The zero-order valence-electron chi connectivity index (χ0n) is 11.6. The molecule has 4 atom stereocenters. The van der Waals surface area contributed by atoms with Crippen LogP contribution in [0.5, 0.6) is 11.5 Å². The lowest BCUT2D eigenvalue weighted by molar-refractivity contribution is -0.143. The molecule has 2 aliphatic carbocycles. The van der Waals surface area contributed by atoms with E-state index in [1.165, 1.54) is 0 Å². The molecule has 4 heteroatoms. The molecular formula is C16H18O4. The van der Waals surface area contributed by atoms with E-state index in [1.54, 1.807) is 14.2 Å². The smallest absolute Gasteiger partial charge is 0.307 e. The van der Waals surface area contributed by atoms with Crippen LogP contribution in [0.3, 0.4) is 0 Å². The van der Waals surface area contributed by atoms with Crippen LogP contribution in [-0.4, -0.2) is 25.3 Å². The molecule has 20 heavy (non-hydrogen) atoms. The summed E-state index contributed by atoms with van der Waals surface area (Å²) in [6.07, 6.45) is 5.11. The van der Waals surface area contributed by atoms with Gasteiger partial charge in [0.15, 0.2) is 11.5 Å². The summed E-state index contributed by atoms with van der Waals surface area (Å²) in [6.45, 7) is 0. The van der Waals surface area contributed by atoms with Crippen molar-refractivity contribution in [1.82, 2.24) is 0 Å². The van der Waals surface area contributed by atoms with Gasteiger partial charge in [-0.3, -0.25) is 4.79 Å². The fourth-order valence-corrected chi connectivity index (χ4v) is 3.76. The first-order valence-electron chi connectivity index (χ1n) is 6.79. The molecule has 0 saturated heterocycles. The van der Waals surface area contributed by atoms with E-state index in [1.807, 2.05) is 24.3 Å². The standard InChI is InChI=1S/C16H18O4/c1-19-12-5-3-4-11(15(12)20-2)13-9-6-7-10(8-9)14(13)16(17)18/h3-7,9-10,13-14H,8H2,1-2H3,(H,17,18). The van der Waals surface area contributed by atoms with Crippen molar-refractivity contribution in [2.75, 3.05) is 14.2 Å². The average Bonchev–Trinajstić information content (AvgIpc) is 3.06. The maximum absolute atomic E-state index is 11.6. The summed E-state index contributed by atoms with van der Waals surface area (Å²) in [7, 11) is 3.19. The number of methoxy groups -OCH3 is 2. The zero-order valence-corrected chi connectivity index (χ0v) is 11.6. The Morgan fingerprint density at radius 2 is 1.95 bits per heavy atom. The molecule has 1 saturated carbocycles. The molecule has 1 N–H and O–H groups in total. The third kappa shape index (κ3) is 1.79. The fourth-order valence-electron chi connectivity index (χ4n) is 3.76. The summed E-state index contributed by atoms with van der Waals surface area (Å²) in [4.78, 5) is 11.6. The van der Waals surface area contributed by atoms with Gasteiger partial charge < -0.3 is 14.6 Å². The lowest BCUT2D eigenvalue weighted by Crippen LogP contribution is -2.26. The summed E-state index contributed by atoms with van der Waals surface area (Å²) in [5.41, 5.74) is 0.941. The highest BCUT2D eigenvalue weighted by atomic mass is 16.5. The monoisotopic (exact) mass is 274 g/mol. The van der Waals surface area contributed by atoms with Crippen molar-refractivity contribution in [3.05, 3.63) is 35.9 Å². The largest absolute Gasteiger partial charge is 0.493 e. The first kappa shape index (κ1) is 13.0. The van der Waals surface area contributed by atoms with Gasteiger partial charge in [0.2, 0.25) is 0 Å². The van der Waals surface area contributed by atoms with Gasteiger partial charge in [0.25, 0.3) is 0 Å². The number of rotatable bonds is 4. The number of allylic oxidation sites excluding steroid dienone is 2. The number of fused-ring (bicyclic) bond motifs is 2. The van der Waals surface area contributed by atoms with Crippen molar-refractivity contribution < 1.29 is 19.4 Å². The van der Waals surface area contributed by atoms with Crippen molar-refractivity contribution in [1.29, 1.82) is 0 Å². The van der Waals surface area contributed by atoms with Crippen molar-refractivity contribution in [3.8, 4) is 11.5 Å². The summed E-state index contributed by atoms with van der Waals surface area (Å²) >= 11 is 0. The van der Waals surface area contributed by atoms with Gasteiger partial charge in [0, 0.05) is 11.5 Å². The van der Waals surface area contributed by atoms with E-state index in [2.05, 4.69) is 6.08 Å². The summed E-state index contributed by atoms with van der Waals surface area (Å²) in [5.74, 6) is 0.601. The quantitative estimate of drug-likeness (QED) is 0.858. The highest BCUT2D eigenvalue weighted by Gasteiger charge is 2.49. The SMILES string of the molecule is COc1cccc(C2C3C=CC(C3)C2C(=O)O)c1OC. The lowest BCUT2D eigenvalue weighted by atomic mass is 9.78. The van der Waals surface area contributed by atoms with Crippen LogP contribution >= 0.6 is 0 Å². The average molecular weight is 274 g/mol. The molecule has 0 spiro atoms. The minimum Gasteiger partial charge on any atom is -0.493 e. The molecule has 2 aliphatic rings. The van der Waals surface area contributed by atoms with Crippen molar-refractivity contribution in [3.63, 3.8) is 0 Å². The molecule has 1 fully saturated rings. The van der Waals surface area contributed by atoms with Crippen LogP contribution in [0.4, 0.5) is 0 Å². The van der Waals surface area contributed by atoms with Crippen LogP contribution in [0.2, 0.25) is 0 Å². The van der Waals surface area contributed by atoms with Gasteiger partial charge in [0.1, 0.15) is 0 Å². The molecule has 2 bridgehead atoms. The number of ether oxygens (including phenoxy) is 2. The first-order chi connectivity index (χ1) is 9.67. The van der Waals surface area contributed by atoms with Crippen LogP contribution in [0.1, 0.15) is 17.9 Å². The van der Waals surface area contributed by atoms with Gasteiger partial charge in [0.05, 0.1) is 20.1 Å². The predicted octanol–water partition coefficient (Wildman–Crippen LogP) is 2.69. The zero-order chi connectivity index (χ0) is 14.3. The van der Waals surface area contributed by atoms with Crippen LogP contribution < -0.4 is 9.47 Å². The number of benzene rings is 1. The van der Waals surface area contributed by atoms with E-state index >= 15 is 0 Å². The first-order valence-corrected chi connectivity index (χ1v) is 6.79. The van der Waals surface area contributed by atoms with Crippen LogP contribution in [0, 0.1) is 17.8 Å². The molecule has 0 heterocycles. The summed E-state index contributed by atoms with van der Waals surface area (Å²) in [5, 5.41) is 9.55. The van der Waals surface area contributed by atoms with Crippen molar-refractivity contribution >= 4 is 5.97 Å². The summed E-state index contributed by atoms with van der Waals surface area (Å²) < 4.78 is 10.8. The van der Waals surface area contributed by atoms with Gasteiger partial charge in [-0.05, 0) is 24.3 Å². The molecule has 4 nitrogen and oxygen atoms in total. The second-order valence-corrected chi connectivity index (χ2v) is 5.42. The molecule has 3 rings (SSSR count). The minimum atomic E-state index is -0.725. The Labute approximate surface area is 118 Å². The van der Waals surface area contributed by atoms with Gasteiger partial charge in [-0.2, -0.15) is 0 Å². The Hall–Kier alpha value is -1.97. The van der Waals surface area contributed by atoms with Gasteiger partial charge in [-0.1, -0.05) is 24.3 Å². The van der Waals surface area contributed by atoms with Gasteiger partial charge >= 0.3 is 5.97 Å². The highest BCUT2D eigenvalue weighted by Crippen LogP contribution is 2.55. The molecule has 4 unspecified atom stereocenters. The van der Waals surface area contributed by atoms with E-state index in [4.69, 9.17) is 9.47 Å². The molecule has 0 aromatic heterocycles. The van der Waals surface area contributed by atoms with Crippen molar-refractivity contribution in [2.45, 2.75) is 12.3 Å². The van der Waals surface area contributed by atoms with Crippen LogP contribution in [0.15, 0.2) is 30.4 Å². The predicted molar refractivity (Wildman–Crippen MR) is 74.1 cm³/mol. The Kier molecular flexibility index (Phi) is 3.16. The maximum atomic E-state index is 11.6. The molecule has 1 aromatic rings. The number of aliphatic carboxylic acids is 1. The Balaban J connectivity index is 2.08. The maximum Gasteiger partial charge on any atom is 0.307 e. The molecule has 0 aliphatic heterocycles. The van der Waals surface area contributed by atoms with Gasteiger partial charge in [-0.25, -0.2) is 0 Å². The third-order valence-electron chi connectivity index (χ3n) is 4.54. The third-order valence-corrected chi connectivity index (χ3v) is 4.54. The number of hydrogen-bond acceptors (Lipinski definition) is 3. The fraction of sp³-hybridized carbons (Fsp3) is 0.438. The second kappa shape index (κ2) is 4.85. The Morgan fingerprint density at radius 3 is 2.60 bits per heavy atom. The number of hydrogen-bond donors (Lipinski definition) is 1. The molecule has 106 valence electrons. The molecule has 0 radical (unpaired) electrons. The van der Waals surface area contributed by atoms with E-state index in [0.717, 1.165) is 12.0 Å². The van der Waals surface area contributed by atoms with Crippen LogP contribution in [-0.2, 0) is 4.79 Å². The number of carbonyl (C=O) groups is 1. The van der Waals surface area contributed by atoms with Crippen LogP contribution in [0.25, 0.3) is 0 Å². The molecular weight excluding hydrogens is 256 g/mol. The molecule has 1 aromatic carbocycles. The second-order valence-electron chi connectivity index (χ2n) is 5.42. The lowest BCUT2D eigenvalue weighted by Gasteiger charge is -2.27. The van der Waals surface area contributed by atoms with E-state index in [9.17, 15) is 9.90 Å².